The minimum absolute atomic E-state index is 0.302. The molecule has 170 valence electrons. The van der Waals surface area contributed by atoms with E-state index in [0.717, 1.165) is 36.8 Å². The first-order valence-corrected chi connectivity index (χ1v) is 12.0. The van der Waals surface area contributed by atoms with Gasteiger partial charge in [0.15, 0.2) is 0 Å². The van der Waals surface area contributed by atoms with Gasteiger partial charge in [-0.3, -0.25) is 0 Å². The van der Waals surface area contributed by atoms with Crippen LogP contribution in [-0.4, -0.2) is 22.7 Å². The maximum atomic E-state index is 12.6. The lowest BCUT2D eigenvalue weighted by molar-refractivity contribution is -0.145. The van der Waals surface area contributed by atoms with E-state index in [2.05, 4.69) is 16.9 Å². The third kappa shape index (κ3) is 6.93. The summed E-state index contributed by atoms with van der Waals surface area (Å²) in [7, 11) is 0. The predicted octanol–water partition coefficient (Wildman–Crippen LogP) is 7.32. The summed E-state index contributed by atoms with van der Waals surface area (Å²) < 4.78 is 44.0. The minimum Gasteiger partial charge on any atom is -0.378 e. The average molecular weight is 427 g/mol. The zero-order valence-electron chi connectivity index (χ0n) is 18.3. The number of unbranched alkanes of at least 4 members (excludes halogenated alkanes) is 4. The van der Waals surface area contributed by atoms with Crippen molar-refractivity contribution in [3.63, 3.8) is 0 Å². The molecule has 6 heteroatoms. The van der Waals surface area contributed by atoms with Gasteiger partial charge in [0.1, 0.15) is 0 Å². The Balaban J connectivity index is 1.34. The normalized spacial score (nSPS) is 27.9. The molecule has 0 saturated heterocycles. The number of halogens is 3. The number of ether oxygens (including phenoxy) is 1. The van der Waals surface area contributed by atoms with E-state index in [9.17, 15) is 13.2 Å². The van der Waals surface area contributed by atoms with Gasteiger partial charge >= 0.3 is 6.18 Å². The Morgan fingerprint density at radius 3 is 1.97 bits per heavy atom. The van der Waals surface area contributed by atoms with Gasteiger partial charge in [-0.05, 0) is 81.1 Å². The molecule has 0 atom stereocenters. The van der Waals surface area contributed by atoms with Gasteiger partial charge in [-0.1, -0.05) is 32.6 Å². The second kappa shape index (κ2) is 11.4. The molecule has 2 saturated carbocycles. The van der Waals surface area contributed by atoms with E-state index in [4.69, 9.17) is 4.74 Å². The van der Waals surface area contributed by atoms with Crippen molar-refractivity contribution < 1.29 is 17.9 Å². The van der Waals surface area contributed by atoms with Crippen LogP contribution in [0.15, 0.2) is 12.4 Å². The van der Waals surface area contributed by atoms with Crippen LogP contribution < -0.4 is 0 Å². The summed E-state index contributed by atoms with van der Waals surface area (Å²) >= 11 is 0. The van der Waals surface area contributed by atoms with Gasteiger partial charge in [0.2, 0.25) is 5.82 Å². The van der Waals surface area contributed by atoms with Gasteiger partial charge in [-0.2, -0.15) is 13.2 Å². The maximum Gasteiger partial charge on any atom is 0.451 e. The highest BCUT2D eigenvalue weighted by atomic mass is 19.4. The molecule has 0 N–H and O–H groups in total. The highest BCUT2D eigenvalue weighted by molar-refractivity contribution is 5.13. The van der Waals surface area contributed by atoms with Crippen molar-refractivity contribution in [1.82, 2.24) is 9.97 Å². The number of alkyl halides is 3. The quantitative estimate of drug-likeness (QED) is 0.388. The highest BCUT2D eigenvalue weighted by Gasteiger charge is 2.35. The Hall–Kier alpha value is -1.17. The van der Waals surface area contributed by atoms with Gasteiger partial charge in [0.25, 0.3) is 0 Å². The van der Waals surface area contributed by atoms with E-state index in [1.54, 1.807) is 0 Å². The number of rotatable bonds is 9. The Labute approximate surface area is 179 Å². The molecule has 1 aromatic rings. The summed E-state index contributed by atoms with van der Waals surface area (Å²) in [5, 5.41) is 0. The van der Waals surface area contributed by atoms with Crippen molar-refractivity contribution >= 4 is 0 Å². The van der Waals surface area contributed by atoms with Crippen LogP contribution in [0.5, 0.6) is 0 Å². The van der Waals surface area contributed by atoms with Crippen molar-refractivity contribution in [2.24, 2.45) is 11.8 Å². The standard InChI is InChI=1S/C24H37F3N2O/c1-2-3-4-5-6-15-30-22-13-11-19(12-14-22)18-7-9-20(10-8-18)21-16-28-23(29-17-21)24(25,26)27/h16-20,22H,2-15H2,1H3/t18-,19-,20-,22-. The molecule has 0 bridgehead atoms. The van der Waals surface area contributed by atoms with Gasteiger partial charge in [0, 0.05) is 19.0 Å². The summed E-state index contributed by atoms with van der Waals surface area (Å²) in [5.41, 5.74) is 0.859. The van der Waals surface area contributed by atoms with E-state index in [1.165, 1.54) is 83.0 Å². The van der Waals surface area contributed by atoms with E-state index in [-0.39, 0.29) is 0 Å². The second-order valence-corrected chi connectivity index (χ2v) is 9.27. The van der Waals surface area contributed by atoms with Crippen molar-refractivity contribution in [2.75, 3.05) is 6.61 Å². The lowest BCUT2D eigenvalue weighted by atomic mass is 9.70. The molecule has 0 radical (unpaired) electrons. The summed E-state index contributed by atoms with van der Waals surface area (Å²) in [6, 6.07) is 0. The molecule has 30 heavy (non-hydrogen) atoms. The fourth-order valence-electron chi connectivity index (χ4n) is 5.30. The maximum absolute atomic E-state index is 12.6. The van der Waals surface area contributed by atoms with Gasteiger partial charge < -0.3 is 4.74 Å². The highest BCUT2D eigenvalue weighted by Crippen LogP contribution is 2.43. The molecule has 2 aliphatic rings. The molecular weight excluding hydrogens is 389 g/mol. The van der Waals surface area contributed by atoms with Crippen LogP contribution in [0.2, 0.25) is 0 Å². The van der Waals surface area contributed by atoms with Crippen LogP contribution in [0, 0.1) is 11.8 Å². The van der Waals surface area contributed by atoms with Crippen LogP contribution in [0.3, 0.4) is 0 Å². The van der Waals surface area contributed by atoms with Crippen molar-refractivity contribution in [3.8, 4) is 0 Å². The number of nitrogens with zero attached hydrogens (tertiary/aromatic N) is 2. The summed E-state index contributed by atoms with van der Waals surface area (Å²) in [6.45, 7) is 3.16. The predicted molar refractivity (Wildman–Crippen MR) is 112 cm³/mol. The fourth-order valence-corrected chi connectivity index (χ4v) is 5.30. The van der Waals surface area contributed by atoms with Crippen molar-refractivity contribution in [1.29, 1.82) is 0 Å². The lowest BCUT2D eigenvalue weighted by Crippen LogP contribution is -2.28. The number of hydrogen-bond donors (Lipinski definition) is 0. The van der Waals surface area contributed by atoms with E-state index in [1.807, 2.05) is 0 Å². The molecule has 0 amide bonds. The van der Waals surface area contributed by atoms with Crippen molar-refractivity contribution in [3.05, 3.63) is 23.8 Å². The SMILES string of the molecule is CCCCCCCO[C@H]1CC[C@H]([C@H]2CC[C@H](c3cnc(C(F)(F)F)nc3)CC2)CC1. The Bertz CT molecular complexity index is 604. The van der Waals surface area contributed by atoms with Crippen LogP contribution in [0.25, 0.3) is 0 Å². The largest absolute Gasteiger partial charge is 0.451 e. The Kier molecular flexibility index (Phi) is 8.97. The second-order valence-electron chi connectivity index (χ2n) is 9.27. The Morgan fingerprint density at radius 2 is 1.40 bits per heavy atom. The molecule has 0 aromatic carbocycles. The minimum atomic E-state index is -4.46. The van der Waals surface area contributed by atoms with Gasteiger partial charge in [0.05, 0.1) is 6.10 Å². The zero-order valence-corrected chi connectivity index (χ0v) is 18.3. The molecular formula is C24H37F3N2O. The monoisotopic (exact) mass is 426 g/mol. The summed E-state index contributed by atoms with van der Waals surface area (Å²) in [5.74, 6) is 0.807. The topological polar surface area (TPSA) is 35.0 Å². The molecule has 2 aliphatic carbocycles. The molecule has 1 heterocycles. The molecule has 3 rings (SSSR count). The van der Waals surface area contributed by atoms with Crippen molar-refractivity contribution in [2.45, 2.75) is 109 Å². The fraction of sp³-hybridized carbons (Fsp3) is 0.833. The third-order valence-corrected chi connectivity index (χ3v) is 7.16. The lowest BCUT2D eigenvalue weighted by Gasteiger charge is -2.37. The molecule has 1 aromatic heterocycles. The van der Waals surface area contributed by atoms with Crippen LogP contribution >= 0.6 is 0 Å². The molecule has 2 fully saturated rings. The Morgan fingerprint density at radius 1 is 0.833 bits per heavy atom. The van der Waals surface area contributed by atoms with Gasteiger partial charge in [-0.25, -0.2) is 9.97 Å². The summed E-state index contributed by atoms with van der Waals surface area (Å²) in [6.07, 6.45) is 14.5. The first kappa shape index (κ1) is 23.5. The van der Waals surface area contributed by atoms with Crippen LogP contribution in [0.1, 0.15) is 108 Å². The van der Waals surface area contributed by atoms with E-state index in [0.29, 0.717) is 12.0 Å². The van der Waals surface area contributed by atoms with Gasteiger partial charge in [-0.15, -0.1) is 0 Å². The third-order valence-electron chi connectivity index (χ3n) is 7.16. The molecule has 0 aliphatic heterocycles. The average Bonchev–Trinajstić information content (AvgIpc) is 2.76. The number of aromatic nitrogens is 2. The summed E-state index contributed by atoms with van der Waals surface area (Å²) in [4.78, 5) is 7.07. The first-order valence-electron chi connectivity index (χ1n) is 12.0. The van der Waals surface area contributed by atoms with E-state index >= 15 is 0 Å². The molecule has 0 unspecified atom stereocenters. The molecule has 0 spiro atoms. The zero-order chi connectivity index (χ0) is 21.4. The van der Waals surface area contributed by atoms with Crippen LogP contribution in [-0.2, 0) is 10.9 Å². The number of hydrogen-bond acceptors (Lipinski definition) is 3. The smallest absolute Gasteiger partial charge is 0.378 e. The van der Waals surface area contributed by atoms with Crippen LogP contribution in [0.4, 0.5) is 13.2 Å². The van der Waals surface area contributed by atoms with E-state index < -0.39 is 12.0 Å². The molecule has 3 nitrogen and oxygen atoms in total. The first-order chi connectivity index (χ1) is 14.5.